The highest BCUT2D eigenvalue weighted by Gasteiger charge is 2.56. The maximum absolute atomic E-state index is 12.3. The normalized spacial score (nSPS) is 49.7. The van der Waals surface area contributed by atoms with Crippen molar-refractivity contribution in [2.75, 3.05) is 13.2 Å². The number of aliphatic hydroxyl groups excluding tert-OH is 1. The first-order valence-corrected chi connectivity index (χ1v) is 8.26. The Morgan fingerprint density at radius 3 is 2.95 bits per heavy atom. The van der Waals surface area contributed by atoms with Crippen LogP contribution in [0.1, 0.15) is 39.0 Å². The zero-order valence-corrected chi connectivity index (χ0v) is 12.6. The minimum absolute atomic E-state index is 0.00330. The molecule has 21 heavy (non-hydrogen) atoms. The Bertz CT molecular complexity index is 485. The lowest BCUT2D eigenvalue weighted by molar-refractivity contribution is -0.165. The predicted molar refractivity (Wildman–Crippen MR) is 76.7 cm³/mol. The third-order valence-corrected chi connectivity index (χ3v) is 6.24. The molecule has 0 spiro atoms. The summed E-state index contributed by atoms with van der Waals surface area (Å²) in [7, 11) is 0. The van der Waals surface area contributed by atoms with Crippen LogP contribution in [0.4, 0.5) is 0 Å². The highest BCUT2D eigenvalue weighted by atomic mass is 16.6. The molecule has 0 amide bonds. The Kier molecular flexibility index (Phi) is 3.25. The van der Waals surface area contributed by atoms with Crippen molar-refractivity contribution in [2.24, 2.45) is 17.3 Å². The molecule has 6 atom stereocenters. The van der Waals surface area contributed by atoms with Gasteiger partial charge in [0.25, 0.3) is 0 Å². The minimum atomic E-state index is -0.359. The molecule has 3 fully saturated rings. The smallest absolute Gasteiger partial charge is 0.136 e. The average Bonchev–Trinajstić information content (AvgIpc) is 2.50. The molecule has 2 saturated carbocycles. The fourth-order valence-corrected chi connectivity index (χ4v) is 5.24. The second-order valence-electron chi connectivity index (χ2n) is 7.26. The summed E-state index contributed by atoms with van der Waals surface area (Å²) in [6.07, 6.45) is 5.91. The van der Waals surface area contributed by atoms with Crippen LogP contribution in [-0.2, 0) is 14.3 Å². The van der Waals surface area contributed by atoms with E-state index < -0.39 is 0 Å². The Morgan fingerprint density at radius 2 is 2.10 bits per heavy atom. The van der Waals surface area contributed by atoms with E-state index in [1.54, 1.807) is 0 Å². The lowest BCUT2D eigenvalue weighted by atomic mass is 9.52. The van der Waals surface area contributed by atoms with Gasteiger partial charge in [-0.05, 0) is 36.7 Å². The van der Waals surface area contributed by atoms with Gasteiger partial charge in [-0.25, -0.2) is 0 Å². The molecule has 4 rings (SSSR count). The van der Waals surface area contributed by atoms with E-state index in [0.717, 1.165) is 19.3 Å². The summed E-state index contributed by atoms with van der Waals surface area (Å²) in [6, 6.07) is 0. The molecule has 0 radical (unpaired) electrons. The lowest BCUT2D eigenvalue weighted by Gasteiger charge is -2.56. The molecule has 0 aromatic heterocycles. The van der Waals surface area contributed by atoms with E-state index in [9.17, 15) is 9.90 Å². The van der Waals surface area contributed by atoms with Crippen LogP contribution < -0.4 is 0 Å². The van der Waals surface area contributed by atoms with Crippen molar-refractivity contribution < 1.29 is 19.4 Å². The summed E-state index contributed by atoms with van der Waals surface area (Å²) in [5, 5.41) is 10.6. The molecular weight excluding hydrogens is 268 g/mol. The van der Waals surface area contributed by atoms with E-state index in [0.29, 0.717) is 31.8 Å². The maximum atomic E-state index is 12.3. The highest BCUT2D eigenvalue weighted by Crippen LogP contribution is 2.57. The third kappa shape index (κ3) is 1.96. The van der Waals surface area contributed by atoms with Crippen molar-refractivity contribution in [3.63, 3.8) is 0 Å². The van der Waals surface area contributed by atoms with Crippen molar-refractivity contribution in [3.8, 4) is 0 Å². The first kappa shape index (κ1) is 13.9. The molecule has 4 heteroatoms. The van der Waals surface area contributed by atoms with Crippen LogP contribution >= 0.6 is 0 Å². The molecular formula is C17H24O4. The maximum Gasteiger partial charge on any atom is 0.136 e. The lowest BCUT2D eigenvalue weighted by Crippen LogP contribution is -2.57. The number of Topliss-reactive ketones (excluding diaryl/α,β-unsaturated/α-hetero) is 1. The van der Waals surface area contributed by atoms with Gasteiger partial charge in [0.1, 0.15) is 11.9 Å². The summed E-state index contributed by atoms with van der Waals surface area (Å²) in [4.78, 5) is 12.3. The van der Waals surface area contributed by atoms with Crippen molar-refractivity contribution >= 4 is 5.78 Å². The molecule has 116 valence electrons. The SMILES string of the molecule is CC12CCC3OCCOC3C1=CCC1C(=O)CCC(O)C12. The van der Waals surface area contributed by atoms with Gasteiger partial charge < -0.3 is 14.6 Å². The summed E-state index contributed by atoms with van der Waals surface area (Å²) in [5.41, 5.74) is 1.17. The summed E-state index contributed by atoms with van der Waals surface area (Å²) < 4.78 is 11.9. The molecule has 4 aliphatic rings. The van der Waals surface area contributed by atoms with E-state index in [-0.39, 0.29) is 35.6 Å². The minimum Gasteiger partial charge on any atom is -0.393 e. The zero-order valence-electron chi connectivity index (χ0n) is 12.6. The van der Waals surface area contributed by atoms with Crippen LogP contribution in [0.15, 0.2) is 11.6 Å². The van der Waals surface area contributed by atoms with E-state index in [2.05, 4.69) is 13.0 Å². The predicted octanol–water partition coefficient (Wildman–Crippen LogP) is 1.86. The fraction of sp³-hybridized carbons (Fsp3) is 0.824. The Labute approximate surface area is 125 Å². The number of ether oxygens (including phenoxy) is 2. The van der Waals surface area contributed by atoms with Gasteiger partial charge >= 0.3 is 0 Å². The molecule has 4 nitrogen and oxygen atoms in total. The third-order valence-electron chi connectivity index (χ3n) is 6.24. The number of ketones is 1. The Morgan fingerprint density at radius 1 is 1.29 bits per heavy atom. The van der Waals surface area contributed by atoms with E-state index in [1.165, 1.54) is 5.57 Å². The second kappa shape index (κ2) is 4.90. The zero-order chi connectivity index (χ0) is 14.6. The van der Waals surface area contributed by atoms with Crippen molar-refractivity contribution in [1.82, 2.24) is 0 Å². The number of carbonyl (C=O) groups excluding carboxylic acids is 1. The van der Waals surface area contributed by atoms with Crippen LogP contribution in [0.25, 0.3) is 0 Å². The van der Waals surface area contributed by atoms with Crippen LogP contribution in [-0.4, -0.2) is 42.4 Å². The number of allylic oxidation sites excluding steroid dienone is 1. The number of fused-ring (bicyclic) bond motifs is 5. The molecule has 0 bridgehead atoms. The number of hydrogen-bond acceptors (Lipinski definition) is 4. The van der Waals surface area contributed by atoms with Crippen molar-refractivity contribution in [1.29, 1.82) is 0 Å². The van der Waals surface area contributed by atoms with Gasteiger partial charge in [0, 0.05) is 18.3 Å². The van der Waals surface area contributed by atoms with E-state index in [4.69, 9.17) is 9.47 Å². The Balaban J connectivity index is 1.73. The quantitative estimate of drug-likeness (QED) is 0.692. The standard InChI is InChI=1S/C17H24O4/c1-17-7-6-14-16(21-9-8-20-14)11(17)3-2-10-12(18)4-5-13(19)15(10)17/h3,10,13-16,19H,2,4-9H2,1H3. The molecule has 1 saturated heterocycles. The van der Waals surface area contributed by atoms with Gasteiger partial charge in [-0.15, -0.1) is 0 Å². The van der Waals surface area contributed by atoms with E-state index >= 15 is 0 Å². The van der Waals surface area contributed by atoms with Crippen LogP contribution in [0.3, 0.4) is 0 Å². The molecule has 0 aromatic rings. The molecule has 6 unspecified atom stereocenters. The summed E-state index contributed by atoms with van der Waals surface area (Å²) in [6.45, 7) is 3.55. The first-order chi connectivity index (χ1) is 10.1. The Hall–Kier alpha value is -0.710. The monoisotopic (exact) mass is 292 g/mol. The van der Waals surface area contributed by atoms with Gasteiger partial charge in [0.2, 0.25) is 0 Å². The average molecular weight is 292 g/mol. The van der Waals surface area contributed by atoms with Crippen molar-refractivity contribution in [2.45, 2.75) is 57.3 Å². The molecule has 1 heterocycles. The van der Waals surface area contributed by atoms with Gasteiger partial charge in [-0.3, -0.25) is 4.79 Å². The second-order valence-corrected chi connectivity index (χ2v) is 7.26. The van der Waals surface area contributed by atoms with Crippen molar-refractivity contribution in [3.05, 3.63) is 11.6 Å². The number of carbonyl (C=O) groups is 1. The van der Waals surface area contributed by atoms with Crippen LogP contribution in [0.2, 0.25) is 0 Å². The van der Waals surface area contributed by atoms with Gasteiger partial charge in [0.05, 0.1) is 25.4 Å². The first-order valence-electron chi connectivity index (χ1n) is 8.26. The van der Waals surface area contributed by atoms with Gasteiger partial charge in [-0.2, -0.15) is 0 Å². The highest BCUT2D eigenvalue weighted by molar-refractivity contribution is 5.83. The summed E-state index contributed by atoms with van der Waals surface area (Å²) >= 11 is 0. The number of rotatable bonds is 0. The largest absolute Gasteiger partial charge is 0.393 e. The van der Waals surface area contributed by atoms with Crippen LogP contribution in [0, 0.1) is 17.3 Å². The van der Waals surface area contributed by atoms with Crippen LogP contribution in [0.5, 0.6) is 0 Å². The molecule has 3 aliphatic carbocycles. The number of hydrogen-bond donors (Lipinski definition) is 1. The van der Waals surface area contributed by atoms with Gasteiger partial charge in [-0.1, -0.05) is 13.0 Å². The van der Waals surface area contributed by atoms with Gasteiger partial charge in [0.15, 0.2) is 0 Å². The summed E-state index contributed by atoms with van der Waals surface area (Å²) in [5.74, 6) is 0.401. The fourth-order valence-electron chi connectivity index (χ4n) is 5.24. The molecule has 1 aliphatic heterocycles. The number of aliphatic hydroxyl groups is 1. The topological polar surface area (TPSA) is 55.8 Å². The molecule has 0 aromatic carbocycles. The molecule has 1 N–H and O–H groups in total. The van der Waals surface area contributed by atoms with E-state index in [1.807, 2.05) is 0 Å².